The molecule has 1 aromatic heterocycles. The minimum absolute atomic E-state index is 0.441. The van der Waals surface area contributed by atoms with E-state index in [1.165, 1.54) is 0 Å². The molecule has 4 rings (SSSR count). The molecule has 1 saturated heterocycles. The first-order valence-corrected chi connectivity index (χ1v) is 8.39. The molecule has 3 heterocycles. The van der Waals surface area contributed by atoms with Crippen LogP contribution in [-0.4, -0.2) is 22.7 Å². The molecule has 0 saturated carbocycles. The highest BCUT2D eigenvalue weighted by molar-refractivity contribution is 6.30. The molecule has 3 N–H and O–H groups in total. The van der Waals surface area contributed by atoms with E-state index >= 15 is 0 Å². The van der Waals surface area contributed by atoms with Crippen molar-refractivity contribution < 1.29 is 15.2 Å². The van der Waals surface area contributed by atoms with Crippen LogP contribution in [0.25, 0.3) is 0 Å². The number of aliphatic hydroxyl groups is 1. The highest BCUT2D eigenvalue weighted by Crippen LogP contribution is 2.52. The molecule has 1 spiro atoms. The SMILES string of the molecule is CC1CC2(CC[NH2+]1)OC(O)(c1cc(Cl)ccn1)c1ccccc12. The lowest BCUT2D eigenvalue weighted by atomic mass is 9.81. The minimum Gasteiger partial charge on any atom is -0.357 e. The molecule has 3 atom stereocenters. The molecular weight excluding hydrogens is 312 g/mol. The van der Waals surface area contributed by atoms with E-state index < -0.39 is 11.4 Å². The lowest BCUT2D eigenvalue weighted by Crippen LogP contribution is -2.92. The van der Waals surface area contributed by atoms with E-state index in [1.807, 2.05) is 18.2 Å². The van der Waals surface area contributed by atoms with Gasteiger partial charge in [-0.25, -0.2) is 0 Å². The number of nitrogens with zero attached hydrogens (tertiary/aromatic N) is 1. The number of quaternary nitrogens is 1. The number of aromatic nitrogens is 1. The maximum atomic E-state index is 11.4. The lowest BCUT2D eigenvalue weighted by Gasteiger charge is -2.37. The third-order valence-electron chi connectivity index (χ3n) is 4.96. The van der Waals surface area contributed by atoms with Crippen LogP contribution in [-0.2, 0) is 16.1 Å². The van der Waals surface area contributed by atoms with Gasteiger partial charge < -0.3 is 15.2 Å². The summed E-state index contributed by atoms with van der Waals surface area (Å²) in [5.41, 5.74) is 1.84. The highest BCUT2D eigenvalue weighted by atomic mass is 35.5. The topological polar surface area (TPSA) is 59.0 Å². The quantitative estimate of drug-likeness (QED) is 0.839. The van der Waals surface area contributed by atoms with Crippen LogP contribution in [0.15, 0.2) is 42.6 Å². The van der Waals surface area contributed by atoms with E-state index in [1.54, 1.807) is 18.3 Å². The van der Waals surface area contributed by atoms with Gasteiger partial charge in [-0.1, -0.05) is 35.9 Å². The van der Waals surface area contributed by atoms with Crippen molar-refractivity contribution in [3.63, 3.8) is 0 Å². The Bertz CT molecular complexity index is 753. The van der Waals surface area contributed by atoms with Crippen molar-refractivity contribution in [3.05, 3.63) is 64.4 Å². The van der Waals surface area contributed by atoms with E-state index in [0.29, 0.717) is 16.8 Å². The molecule has 0 bridgehead atoms. The molecule has 4 nitrogen and oxygen atoms in total. The van der Waals surface area contributed by atoms with Gasteiger partial charge >= 0.3 is 0 Å². The van der Waals surface area contributed by atoms with Crippen LogP contribution in [0.5, 0.6) is 0 Å². The average molecular weight is 332 g/mol. The summed E-state index contributed by atoms with van der Waals surface area (Å²) < 4.78 is 6.37. The smallest absolute Gasteiger partial charge is 0.238 e. The molecule has 0 amide bonds. The number of fused-ring (bicyclic) bond motifs is 2. The van der Waals surface area contributed by atoms with Crippen LogP contribution in [0.2, 0.25) is 5.02 Å². The Morgan fingerprint density at radius 3 is 2.83 bits per heavy atom. The first-order valence-electron chi connectivity index (χ1n) is 8.01. The Kier molecular flexibility index (Phi) is 3.46. The number of benzene rings is 1. The fourth-order valence-electron chi connectivity index (χ4n) is 3.99. The second kappa shape index (κ2) is 5.28. The molecule has 3 unspecified atom stereocenters. The van der Waals surface area contributed by atoms with Gasteiger partial charge in [0.2, 0.25) is 5.79 Å². The number of hydrogen-bond donors (Lipinski definition) is 2. The number of piperidine rings is 1. The van der Waals surface area contributed by atoms with Gasteiger partial charge in [0.05, 0.1) is 12.6 Å². The fraction of sp³-hybridized carbons (Fsp3) is 0.389. The molecule has 1 aromatic carbocycles. The summed E-state index contributed by atoms with van der Waals surface area (Å²) in [7, 11) is 0. The molecular formula is C18H20ClN2O2+. The predicted molar refractivity (Wildman–Crippen MR) is 86.9 cm³/mol. The van der Waals surface area contributed by atoms with Crippen molar-refractivity contribution in [1.29, 1.82) is 0 Å². The van der Waals surface area contributed by atoms with Crippen molar-refractivity contribution >= 4 is 11.6 Å². The van der Waals surface area contributed by atoms with Crippen molar-refractivity contribution in [3.8, 4) is 0 Å². The first kappa shape index (κ1) is 15.1. The average Bonchev–Trinajstić information content (AvgIpc) is 2.78. The largest absolute Gasteiger partial charge is 0.357 e. The van der Waals surface area contributed by atoms with Crippen molar-refractivity contribution in [2.45, 2.75) is 37.2 Å². The normalized spacial score (nSPS) is 32.9. The van der Waals surface area contributed by atoms with Crippen molar-refractivity contribution in [1.82, 2.24) is 4.98 Å². The monoisotopic (exact) mass is 331 g/mol. The minimum atomic E-state index is -1.54. The molecule has 2 aliphatic heterocycles. The number of nitrogens with two attached hydrogens (primary N) is 1. The maximum Gasteiger partial charge on any atom is 0.238 e. The number of ether oxygens (including phenoxy) is 1. The number of rotatable bonds is 1. The fourth-order valence-corrected chi connectivity index (χ4v) is 4.15. The van der Waals surface area contributed by atoms with Gasteiger partial charge in [0.15, 0.2) is 0 Å². The maximum absolute atomic E-state index is 11.4. The molecule has 2 aliphatic rings. The third kappa shape index (κ3) is 2.29. The van der Waals surface area contributed by atoms with Gasteiger partial charge in [-0.15, -0.1) is 0 Å². The Hall–Kier alpha value is -1.46. The zero-order valence-corrected chi connectivity index (χ0v) is 13.8. The first-order chi connectivity index (χ1) is 11.0. The van der Waals surface area contributed by atoms with Gasteiger partial charge in [-0.3, -0.25) is 4.98 Å². The number of halogens is 1. The van der Waals surface area contributed by atoms with Crippen LogP contribution in [0.4, 0.5) is 0 Å². The van der Waals surface area contributed by atoms with Gasteiger partial charge in [0, 0.05) is 29.6 Å². The van der Waals surface area contributed by atoms with Crippen LogP contribution in [0.3, 0.4) is 0 Å². The zero-order valence-electron chi connectivity index (χ0n) is 13.0. The highest BCUT2D eigenvalue weighted by Gasteiger charge is 2.56. The Labute approximate surface area is 140 Å². The van der Waals surface area contributed by atoms with Crippen LogP contribution >= 0.6 is 11.6 Å². The zero-order chi connectivity index (χ0) is 16.1. The molecule has 0 radical (unpaired) electrons. The van der Waals surface area contributed by atoms with Gasteiger partial charge in [-0.05, 0) is 24.6 Å². The Morgan fingerprint density at radius 2 is 2.09 bits per heavy atom. The van der Waals surface area contributed by atoms with Gasteiger partial charge in [-0.2, -0.15) is 0 Å². The van der Waals surface area contributed by atoms with Gasteiger partial charge in [0.25, 0.3) is 0 Å². The lowest BCUT2D eigenvalue weighted by molar-refractivity contribution is -0.701. The molecule has 1 fully saturated rings. The summed E-state index contributed by atoms with van der Waals surface area (Å²) in [5.74, 6) is -1.54. The molecule has 23 heavy (non-hydrogen) atoms. The summed E-state index contributed by atoms with van der Waals surface area (Å²) in [6, 6.07) is 11.7. The number of hydrogen-bond acceptors (Lipinski definition) is 3. The predicted octanol–water partition coefficient (Wildman–Crippen LogP) is 1.90. The van der Waals surface area contributed by atoms with Crippen LogP contribution < -0.4 is 5.32 Å². The van der Waals surface area contributed by atoms with Crippen molar-refractivity contribution in [2.24, 2.45) is 0 Å². The Morgan fingerprint density at radius 1 is 1.30 bits per heavy atom. The third-order valence-corrected chi connectivity index (χ3v) is 5.20. The summed E-state index contributed by atoms with van der Waals surface area (Å²) in [4.78, 5) is 4.32. The molecule has 120 valence electrons. The molecule has 5 heteroatoms. The van der Waals surface area contributed by atoms with E-state index in [-0.39, 0.29) is 0 Å². The second-order valence-corrected chi connectivity index (χ2v) is 7.04. The summed E-state index contributed by atoms with van der Waals surface area (Å²) >= 11 is 6.10. The van der Waals surface area contributed by atoms with Crippen molar-refractivity contribution in [2.75, 3.05) is 6.54 Å². The van der Waals surface area contributed by atoms with E-state index in [9.17, 15) is 5.11 Å². The summed E-state index contributed by atoms with van der Waals surface area (Å²) in [5, 5.41) is 14.3. The summed E-state index contributed by atoms with van der Waals surface area (Å²) in [6.45, 7) is 3.18. The molecule has 2 aromatic rings. The number of pyridine rings is 1. The van der Waals surface area contributed by atoms with Crippen LogP contribution in [0, 0.1) is 0 Å². The standard InChI is InChI=1S/C18H19ClN2O2/c1-12-11-17(7-9-20-12)14-4-2-3-5-15(14)18(22,23-17)16-10-13(19)6-8-21-16/h2-6,8,10,12,20,22H,7,9,11H2,1H3/p+1. The Balaban J connectivity index is 1.88. The molecule has 0 aliphatic carbocycles. The second-order valence-electron chi connectivity index (χ2n) is 6.60. The van der Waals surface area contributed by atoms with E-state index in [0.717, 1.165) is 30.5 Å². The van der Waals surface area contributed by atoms with Gasteiger partial charge in [0.1, 0.15) is 11.3 Å². The summed E-state index contributed by atoms with van der Waals surface area (Å²) in [6.07, 6.45) is 3.34. The van der Waals surface area contributed by atoms with Crippen LogP contribution in [0.1, 0.15) is 36.6 Å². The van der Waals surface area contributed by atoms with E-state index in [4.69, 9.17) is 16.3 Å². The van der Waals surface area contributed by atoms with E-state index in [2.05, 4.69) is 23.3 Å².